The number of nitrogens with one attached hydrogen (secondary N) is 3. The number of urea groups is 1. The summed E-state index contributed by atoms with van der Waals surface area (Å²) in [7, 11) is 3.09. The number of hydrogen-bond acceptors (Lipinski definition) is 4. The molecular weight excluding hydrogens is 346 g/mol. The summed E-state index contributed by atoms with van der Waals surface area (Å²) in [4.78, 5) is 25.0. The molecule has 2 aromatic rings. The molecule has 3 N–H and O–H groups in total. The first-order valence-corrected chi connectivity index (χ1v) is 8.40. The summed E-state index contributed by atoms with van der Waals surface area (Å²) in [5.41, 5.74) is 2.21. The molecule has 0 saturated carbocycles. The van der Waals surface area contributed by atoms with E-state index in [1.807, 2.05) is 18.2 Å². The van der Waals surface area contributed by atoms with Crippen molar-refractivity contribution in [2.24, 2.45) is 0 Å². The summed E-state index contributed by atoms with van der Waals surface area (Å²) in [6.07, 6.45) is 0. The van der Waals surface area contributed by atoms with Gasteiger partial charge in [0.15, 0.2) is 0 Å². The van der Waals surface area contributed by atoms with Crippen molar-refractivity contribution >= 4 is 17.6 Å². The van der Waals surface area contributed by atoms with Crippen LogP contribution in [-0.2, 0) is 4.79 Å². The molecule has 1 atom stereocenters. The van der Waals surface area contributed by atoms with Crippen LogP contribution in [0.5, 0.6) is 11.5 Å². The van der Waals surface area contributed by atoms with Gasteiger partial charge in [-0.05, 0) is 31.2 Å². The predicted molar refractivity (Wildman–Crippen MR) is 102 cm³/mol. The van der Waals surface area contributed by atoms with Crippen molar-refractivity contribution in [1.82, 2.24) is 10.6 Å². The minimum atomic E-state index is -0.664. The fraction of sp³-hybridized carbons (Fsp3) is 0.200. The number of methoxy groups -OCH3 is 2. The first-order chi connectivity index (χ1) is 13.0. The Morgan fingerprint density at radius 1 is 1.07 bits per heavy atom. The van der Waals surface area contributed by atoms with Gasteiger partial charge in [0.1, 0.15) is 11.5 Å². The Hall–Kier alpha value is -3.48. The second-order valence-electron chi connectivity index (χ2n) is 6.00. The van der Waals surface area contributed by atoms with E-state index < -0.39 is 6.04 Å². The highest BCUT2D eigenvalue weighted by Gasteiger charge is 2.33. The van der Waals surface area contributed by atoms with Crippen molar-refractivity contribution in [3.63, 3.8) is 0 Å². The normalized spacial score (nSPS) is 16.3. The summed E-state index contributed by atoms with van der Waals surface area (Å²) in [6, 6.07) is 13.3. The molecule has 1 aliphatic rings. The van der Waals surface area contributed by atoms with Crippen molar-refractivity contribution in [3.05, 3.63) is 65.4 Å². The van der Waals surface area contributed by atoms with Crippen LogP contribution < -0.4 is 25.4 Å². The molecule has 7 heteroatoms. The molecule has 1 aliphatic heterocycles. The van der Waals surface area contributed by atoms with E-state index in [0.29, 0.717) is 34.0 Å². The van der Waals surface area contributed by atoms with E-state index in [2.05, 4.69) is 16.0 Å². The van der Waals surface area contributed by atoms with E-state index in [1.165, 1.54) is 7.11 Å². The fourth-order valence-electron chi connectivity index (χ4n) is 3.00. The van der Waals surface area contributed by atoms with Crippen molar-refractivity contribution in [2.45, 2.75) is 13.0 Å². The SMILES string of the molecule is COc1ccc([C@H]2NC(=O)NC(C)=C2C(=O)Nc2ccccc2)c(OC)c1. The summed E-state index contributed by atoms with van der Waals surface area (Å²) < 4.78 is 10.7. The van der Waals surface area contributed by atoms with Gasteiger partial charge in [-0.3, -0.25) is 4.79 Å². The number of ether oxygens (including phenoxy) is 2. The topological polar surface area (TPSA) is 88.7 Å². The lowest BCUT2D eigenvalue weighted by Gasteiger charge is -2.29. The highest BCUT2D eigenvalue weighted by atomic mass is 16.5. The molecule has 0 radical (unpaired) electrons. The number of para-hydroxylation sites is 1. The smallest absolute Gasteiger partial charge is 0.319 e. The minimum Gasteiger partial charge on any atom is -0.497 e. The number of carbonyl (C=O) groups is 2. The van der Waals surface area contributed by atoms with Gasteiger partial charge >= 0.3 is 6.03 Å². The molecule has 7 nitrogen and oxygen atoms in total. The van der Waals surface area contributed by atoms with Gasteiger partial charge in [0, 0.05) is 23.0 Å². The van der Waals surface area contributed by atoms with Gasteiger partial charge in [0.2, 0.25) is 0 Å². The zero-order chi connectivity index (χ0) is 19.4. The molecule has 0 saturated heterocycles. The summed E-state index contributed by atoms with van der Waals surface area (Å²) >= 11 is 0. The molecule has 0 bridgehead atoms. The van der Waals surface area contributed by atoms with E-state index in [0.717, 1.165) is 0 Å². The van der Waals surface area contributed by atoms with Crippen LogP contribution in [0.15, 0.2) is 59.8 Å². The van der Waals surface area contributed by atoms with Crippen LogP contribution in [0.25, 0.3) is 0 Å². The number of benzene rings is 2. The molecule has 3 amide bonds. The Labute approximate surface area is 157 Å². The zero-order valence-corrected chi connectivity index (χ0v) is 15.3. The number of rotatable bonds is 5. The third-order valence-electron chi connectivity index (χ3n) is 4.30. The quantitative estimate of drug-likeness (QED) is 0.758. The van der Waals surface area contributed by atoms with Crippen molar-refractivity contribution < 1.29 is 19.1 Å². The maximum Gasteiger partial charge on any atom is 0.319 e. The highest BCUT2D eigenvalue weighted by Crippen LogP contribution is 2.35. The lowest BCUT2D eigenvalue weighted by atomic mass is 9.94. The standard InChI is InChI=1S/C20H21N3O4/c1-12-17(19(24)22-13-7-5-4-6-8-13)18(23-20(25)21-12)15-10-9-14(26-2)11-16(15)27-3/h4-11,18H,1-3H3,(H,22,24)(H2,21,23,25)/t18-/m1/s1. The van der Waals surface area contributed by atoms with Crippen molar-refractivity contribution in [1.29, 1.82) is 0 Å². The molecule has 0 spiro atoms. The second kappa shape index (κ2) is 7.82. The van der Waals surface area contributed by atoms with E-state index in [9.17, 15) is 9.59 Å². The molecular formula is C20H21N3O4. The van der Waals surface area contributed by atoms with E-state index >= 15 is 0 Å². The van der Waals surface area contributed by atoms with Crippen LogP contribution >= 0.6 is 0 Å². The Morgan fingerprint density at radius 3 is 2.48 bits per heavy atom. The van der Waals surface area contributed by atoms with Gasteiger partial charge in [0.25, 0.3) is 5.91 Å². The summed E-state index contributed by atoms with van der Waals surface area (Å²) in [5.74, 6) is 0.820. The molecule has 0 fully saturated rings. The van der Waals surface area contributed by atoms with Gasteiger partial charge in [-0.25, -0.2) is 4.79 Å². The maximum atomic E-state index is 13.0. The van der Waals surface area contributed by atoms with Gasteiger partial charge in [0.05, 0.1) is 25.8 Å². The average Bonchev–Trinajstić information content (AvgIpc) is 2.67. The second-order valence-corrected chi connectivity index (χ2v) is 6.00. The molecule has 27 heavy (non-hydrogen) atoms. The number of carbonyl (C=O) groups excluding carboxylic acids is 2. The number of hydrogen-bond donors (Lipinski definition) is 3. The van der Waals surface area contributed by atoms with Crippen LogP contribution in [0.4, 0.5) is 10.5 Å². The van der Waals surface area contributed by atoms with Crippen LogP contribution in [0.1, 0.15) is 18.5 Å². The third-order valence-corrected chi connectivity index (χ3v) is 4.30. The predicted octanol–water partition coefficient (Wildman–Crippen LogP) is 2.97. The van der Waals surface area contributed by atoms with Crippen LogP contribution in [0.2, 0.25) is 0 Å². The maximum absolute atomic E-state index is 13.0. The van der Waals surface area contributed by atoms with Gasteiger partial charge < -0.3 is 25.4 Å². The molecule has 140 valence electrons. The summed E-state index contributed by atoms with van der Waals surface area (Å²) in [5, 5.41) is 8.32. The summed E-state index contributed by atoms with van der Waals surface area (Å²) in [6.45, 7) is 1.70. The van der Waals surface area contributed by atoms with Crippen molar-refractivity contribution in [3.8, 4) is 11.5 Å². The minimum absolute atomic E-state index is 0.311. The lowest BCUT2D eigenvalue weighted by molar-refractivity contribution is -0.113. The Balaban J connectivity index is 2.01. The number of anilines is 1. The van der Waals surface area contributed by atoms with E-state index in [1.54, 1.807) is 44.4 Å². The molecule has 0 aromatic heterocycles. The average molecular weight is 367 g/mol. The molecule has 0 aliphatic carbocycles. The number of allylic oxidation sites excluding steroid dienone is 1. The van der Waals surface area contributed by atoms with Crippen molar-refractivity contribution in [2.75, 3.05) is 19.5 Å². The van der Waals surface area contributed by atoms with E-state index in [-0.39, 0.29) is 11.9 Å². The Kier molecular flexibility index (Phi) is 5.30. The van der Waals surface area contributed by atoms with Gasteiger partial charge in [-0.1, -0.05) is 18.2 Å². The first-order valence-electron chi connectivity index (χ1n) is 8.40. The Bertz CT molecular complexity index is 893. The highest BCUT2D eigenvalue weighted by molar-refractivity contribution is 6.06. The molecule has 1 heterocycles. The first kappa shape index (κ1) is 18.3. The van der Waals surface area contributed by atoms with Crippen LogP contribution in [0, 0.1) is 0 Å². The van der Waals surface area contributed by atoms with Gasteiger partial charge in [-0.15, -0.1) is 0 Å². The molecule has 3 rings (SSSR count). The van der Waals surface area contributed by atoms with Gasteiger partial charge in [-0.2, -0.15) is 0 Å². The molecule has 0 unspecified atom stereocenters. The molecule has 2 aromatic carbocycles. The van der Waals surface area contributed by atoms with E-state index in [4.69, 9.17) is 9.47 Å². The lowest BCUT2D eigenvalue weighted by Crippen LogP contribution is -2.46. The van der Waals surface area contributed by atoms with Crippen LogP contribution in [0.3, 0.4) is 0 Å². The third kappa shape index (κ3) is 3.87. The fourth-order valence-corrected chi connectivity index (χ4v) is 3.00. The monoisotopic (exact) mass is 367 g/mol. The number of amides is 3. The van der Waals surface area contributed by atoms with Crippen LogP contribution in [-0.4, -0.2) is 26.2 Å². The zero-order valence-electron chi connectivity index (χ0n) is 15.3. The largest absolute Gasteiger partial charge is 0.497 e. The Morgan fingerprint density at radius 2 is 1.81 bits per heavy atom.